The van der Waals surface area contributed by atoms with E-state index in [2.05, 4.69) is 37.0 Å². The molecule has 0 fully saturated rings. The van der Waals surface area contributed by atoms with Crippen LogP contribution in [0, 0.1) is 0 Å². The fourth-order valence-corrected chi connectivity index (χ4v) is 3.61. The van der Waals surface area contributed by atoms with E-state index in [0.717, 1.165) is 5.01 Å². The van der Waals surface area contributed by atoms with Crippen LogP contribution < -0.4 is 5.01 Å². The van der Waals surface area contributed by atoms with Crippen molar-refractivity contribution in [1.29, 1.82) is 0 Å². The lowest BCUT2D eigenvalue weighted by molar-refractivity contribution is -0.116. The second kappa shape index (κ2) is 4.72. The van der Waals surface area contributed by atoms with E-state index in [1.165, 1.54) is 18.3 Å². The highest BCUT2D eigenvalue weighted by atomic mass is 79.9. The molecule has 96 valence electrons. The Balaban J connectivity index is 2.57. The van der Waals surface area contributed by atoms with Gasteiger partial charge >= 0.3 is 0 Å². The summed E-state index contributed by atoms with van der Waals surface area (Å²) in [7, 11) is -4.33. The molecule has 0 spiro atoms. The van der Waals surface area contributed by atoms with Gasteiger partial charge in [0.1, 0.15) is 4.90 Å². The van der Waals surface area contributed by atoms with Gasteiger partial charge in [-0.3, -0.25) is 9.35 Å². The Morgan fingerprint density at radius 3 is 2.44 bits per heavy atom. The summed E-state index contributed by atoms with van der Waals surface area (Å²) in [6.45, 7) is 0. The highest BCUT2D eigenvalue weighted by molar-refractivity contribution is 9.11. The highest BCUT2D eigenvalue weighted by Crippen LogP contribution is 2.35. The third-order valence-corrected chi connectivity index (χ3v) is 4.65. The molecule has 1 aromatic rings. The van der Waals surface area contributed by atoms with Crippen LogP contribution in [0.5, 0.6) is 0 Å². The molecule has 1 heterocycles. The molecule has 0 aliphatic carbocycles. The molecule has 0 aromatic heterocycles. The summed E-state index contributed by atoms with van der Waals surface area (Å²) in [5, 5.41) is 5.03. The third-order valence-electron chi connectivity index (χ3n) is 2.21. The van der Waals surface area contributed by atoms with Crippen LogP contribution in [0.15, 0.2) is 31.1 Å². The molecule has 1 aliphatic heterocycles. The largest absolute Gasteiger partial charge is 0.295 e. The second-order valence-corrected chi connectivity index (χ2v) is 6.52. The second-order valence-electron chi connectivity index (χ2n) is 3.42. The summed E-state index contributed by atoms with van der Waals surface area (Å²) in [6, 6.07) is 2.60. The molecule has 1 aliphatic rings. The summed E-state index contributed by atoms with van der Waals surface area (Å²) in [4.78, 5) is 11.2. The summed E-state index contributed by atoms with van der Waals surface area (Å²) in [5.74, 6) is -0.220. The maximum atomic E-state index is 11.5. The van der Waals surface area contributed by atoms with Crippen molar-refractivity contribution < 1.29 is 17.8 Å². The predicted molar refractivity (Wildman–Crippen MR) is 72.3 cm³/mol. The van der Waals surface area contributed by atoms with Gasteiger partial charge in [-0.2, -0.15) is 18.5 Å². The molecule has 0 saturated heterocycles. The van der Waals surface area contributed by atoms with Gasteiger partial charge in [0.25, 0.3) is 16.0 Å². The van der Waals surface area contributed by atoms with Crippen LogP contribution in [0.25, 0.3) is 0 Å². The summed E-state index contributed by atoms with van der Waals surface area (Å²) in [6.07, 6.45) is 1.66. The maximum absolute atomic E-state index is 11.5. The zero-order valence-electron chi connectivity index (χ0n) is 8.67. The third kappa shape index (κ3) is 2.48. The summed E-state index contributed by atoms with van der Waals surface area (Å²) >= 11 is 6.18. The first-order chi connectivity index (χ1) is 8.30. The lowest BCUT2D eigenvalue weighted by Crippen LogP contribution is -2.20. The number of anilines is 1. The Hall–Kier alpha value is -0.770. The molecule has 0 radical (unpaired) electrons. The van der Waals surface area contributed by atoms with Crippen LogP contribution in [0.2, 0.25) is 0 Å². The molecule has 0 unspecified atom stereocenters. The lowest BCUT2D eigenvalue weighted by Gasteiger charge is -2.15. The number of hydrogen-bond acceptors (Lipinski definition) is 4. The van der Waals surface area contributed by atoms with E-state index in [1.807, 2.05) is 0 Å². The van der Waals surface area contributed by atoms with Crippen molar-refractivity contribution in [3.8, 4) is 0 Å². The number of amides is 1. The minimum Gasteiger partial charge on any atom is -0.282 e. The quantitative estimate of drug-likeness (QED) is 0.774. The first kappa shape index (κ1) is 13.7. The summed E-state index contributed by atoms with van der Waals surface area (Å²) < 4.78 is 31.7. The molecule has 0 atom stereocenters. The van der Waals surface area contributed by atoms with E-state index < -0.39 is 10.1 Å². The standard InChI is InChI=1S/C9H6Br2N2O4S/c10-5-4-8(18(15,16)17)6(11)3-7(5)13-9(14)1-2-12-13/h2-4H,1H2,(H,15,16,17). The monoisotopic (exact) mass is 396 g/mol. The van der Waals surface area contributed by atoms with Crippen LogP contribution >= 0.6 is 31.9 Å². The van der Waals surface area contributed by atoms with Crippen molar-refractivity contribution in [3.63, 3.8) is 0 Å². The molecule has 0 saturated carbocycles. The highest BCUT2D eigenvalue weighted by Gasteiger charge is 2.24. The number of rotatable bonds is 2. The predicted octanol–water partition coefficient (Wildman–Crippen LogP) is 2.18. The Labute approximate surface area is 120 Å². The average Bonchev–Trinajstić information content (AvgIpc) is 2.66. The van der Waals surface area contributed by atoms with E-state index in [9.17, 15) is 13.2 Å². The van der Waals surface area contributed by atoms with Crippen molar-refractivity contribution in [2.75, 3.05) is 5.01 Å². The molecule has 6 nitrogen and oxygen atoms in total. The number of hydrazone groups is 1. The molecule has 18 heavy (non-hydrogen) atoms. The van der Waals surface area contributed by atoms with Gasteiger partial charge in [0.05, 0.1) is 12.1 Å². The van der Waals surface area contributed by atoms with Gasteiger partial charge in [-0.05, 0) is 44.0 Å². The Bertz CT molecular complexity index is 657. The zero-order valence-corrected chi connectivity index (χ0v) is 12.7. The molecular formula is C9H6Br2N2O4S. The normalized spacial score (nSPS) is 15.5. The van der Waals surface area contributed by atoms with Crippen molar-refractivity contribution >= 4 is 59.8 Å². The molecule has 2 rings (SSSR count). The van der Waals surface area contributed by atoms with Gasteiger partial charge in [-0.15, -0.1) is 0 Å². The van der Waals surface area contributed by atoms with E-state index in [0.29, 0.717) is 10.2 Å². The Kier molecular flexibility index (Phi) is 3.58. The van der Waals surface area contributed by atoms with Crippen molar-refractivity contribution in [2.45, 2.75) is 11.3 Å². The number of benzene rings is 1. The molecule has 0 bridgehead atoms. The maximum Gasteiger partial charge on any atom is 0.295 e. The van der Waals surface area contributed by atoms with E-state index in [1.54, 1.807) is 0 Å². The number of carbonyl (C=O) groups is 1. The minimum absolute atomic E-state index is 0.151. The molecule has 1 aromatic carbocycles. The molecular weight excluding hydrogens is 392 g/mol. The lowest BCUT2D eigenvalue weighted by atomic mass is 10.3. The fraction of sp³-hybridized carbons (Fsp3) is 0.111. The van der Waals surface area contributed by atoms with Gasteiger partial charge < -0.3 is 0 Å². The van der Waals surface area contributed by atoms with Crippen molar-refractivity contribution in [3.05, 3.63) is 21.1 Å². The first-order valence-corrected chi connectivity index (χ1v) is 7.65. The van der Waals surface area contributed by atoms with Gasteiger partial charge in [0, 0.05) is 15.2 Å². The zero-order chi connectivity index (χ0) is 13.5. The number of carbonyl (C=O) groups excluding carboxylic acids is 1. The smallest absolute Gasteiger partial charge is 0.282 e. The van der Waals surface area contributed by atoms with Gasteiger partial charge in [-0.1, -0.05) is 0 Å². The van der Waals surface area contributed by atoms with E-state index >= 15 is 0 Å². The van der Waals surface area contributed by atoms with Crippen LogP contribution in [0.1, 0.15) is 6.42 Å². The molecule has 1 amide bonds. The van der Waals surface area contributed by atoms with Crippen LogP contribution in [0.4, 0.5) is 5.69 Å². The van der Waals surface area contributed by atoms with E-state index in [-0.39, 0.29) is 21.7 Å². The van der Waals surface area contributed by atoms with Crippen LogP contribution in [-0.2, 0) is 14.9 Å². The Morgan fingerprint density at radius 2 is 1.94 bits per heavy atom. The average molecular weight is 398 g/mol. The molecule has 9 heteroatoms. The van der Waals surface area contributed by atoms with Gasteiger partial charge in [-0.25, -0.2) is 0 Å². The SMILES string of the molecule is O=C1CC=NN1c1cc(Br)c(S(=O)(=O)O)cc1Br. The fourth-order valence-electron chi connectivity index (χ4n) is 1.43. The molecule has 1 N–H and O–H groups in total. The minimum atomic E-state index is -4.33. The number of halogens is 2. The Morgan fingerprint density at radius 1 is 1.28 bits per heavy atom. The van der Waals surface area contributed by atoms with Gasteiger partial charge in [0.15, 0.2) is 0 Å². The topological polar surface area (TPSA) is 87.0 Å². The summed E-state index contributed by atoms with van der Waals surface area (Å²) in [5.41, 5.74) is 0.396. The van der Waals surface area contributed by atoms with Crippen LogP contribution in [0.3, 0.4) is 0 Å². The van der Waals surface area contributed by atoms with Gasteiger partial charge in [0.2, 0.25) is 0 Å². The van der Waals surface area contributed by atoms with E-state index in [4.69, 9.17) is 4.55 Å². The number of hydrogen-bond donors (Lipinski definition) is 1. The first-order valence-electron chi connectivity index (χ1n) is 4.62. The van der Waals surface area contributed by atoms with Crippen molar-refractivity contribution in [2.24, 2.45) is 5.10 Å². The number of nitrogens with zero attached hydrogens (tertiary/aromatic N) is 2. The van der Waals surface area contributed by atoms with Crippen LogP contribution in [-0.4, -0.2) is 25.1 Å². The van der Waals surface area contributed by atoms with Crippen molar-refractivity contribution in [1.82, 2.24) is 0 Å².